The molecule has 0 radical (unpaired) electrons. The third-order valence-electron chi connectivity index (χ3n) is 18.6. The number of fused-ring (bicyclic) bond motifs is 13. The monoisotopic (exact) mass is 1330 g/mol. The molecule has 0 atom stereocenters. The van der Waals surface area contributed by atoms with Crippen molar-refractivity contribution in [3.63, 3.8) is 0 Å². The zero-order chi connectivity index (χ0) is 63.4. The van der Waals surface area contributed by atoms with Crippen LogP contribution >= 0.6 is 0 Å². The fraction of sp³-hybridized carbons (Fsp3) is 0.195. The van der Waals surface area contributed by atoms with Crippen LogP contribution in [0.5, 0.6) is 11.5 Å². The van der Waals surface area contributed by atoms with E-state index in [0.29, 0.717) is 39.1 Å². The van der Waals surface area contributed by atoms with Crippen molar-refractivity contribution in [2.24, 2.45) is 0 Å². The zero-order valence-electron chi connectivity index (χ0n) is 55.6. The molecule has 15 rings (SSSR count). The van der Waals surface area contributed by atoms with E-state index in [0.717, 1.165) is 50.6 Å². The predicted octanol–water partition coefficient (Wildman–Crippen LogP) is 21.2. The van der Waals surface area contributed by atoms with Crippen LogP contribution in [-0.2, 0) is 48.1 Å². The SMILES string of the molecule is [2H]c1c([2H])c([2H])c2c(c1[2H])c1ccc(Oc3[c-]c(N4[CH-]N(c5c(-c6cc(C(C)(C)C)cc(C(C)(C)C)c6)cccc5-c5cccc6c5-c5ccccc5C65c6ccccc6C(C)(C)c6ccccc65)c5ccccc54)ccc3)[c-]c1n2-c1ccc(C(C)(C)C)cn1.[Pt]. The van der Waals surface area contributed by atoms with E-state index < -0.39 is 5.41 Å². The van der Waals surface area contributed by atoms with Gasteiger partial charge in [-0.3, -0.25) is 0 Å². The molecule has 438 valence electrons. The van der Waals surface area contributed by atoms with Crippen LogP contribution in [0.4, 0.5) is 22.7 Å². The maximum atomic E-state index is 9.17. The molecule has 3 aliphatic rings. The molecule has 0 amide bonds. The molecule has 6 heteroatoms. The molecule has 5 nitrogen and oxygen atoms in total. The van der Waals surface area contributed by atoms with Crippen molar-refractivity contribution in [3.8, 4) is 50.7 Å². The molecule has 1 aliphatic heterocycles. The Balaban J connectivity index is 0.00000735. The molecule has 0 saturated carbocycles. The van der Waals surface area contributed by atoms with Crippen molar-refractivity contribution < 1.29 is 31.3 Å². The van der Waals surface area contributed by atoms with Crippen LogP contribution < -0.4 is 14.5 Å². The van der Waals surface area contributed by atoms with Crippen LogP contribution in [0.15, 0.2) is 224 Å². The van der Waals surface area contributed by atoms with Crippen molar-refractivity contribution in [2.75, 3.05) is 9.80 Å². The normalized spacial score (nSPS) is 15.2. The fourth-order valence-corrected chi connectivity index (χ4v) is 14.1. The largest absolute Gasteiger partial charge is 0.509 e. The second-order valence-corrected chi connectivity index (χ2v) is 27.4. The fourth-order valence-electron chi connectivity index (χ4n) is 14.1. The summed E-state index contributed by atoms with van der Waals surface area (Å²) in [6, 6.07) is 76.9. The molecule has 2 aromatic heterocycles. The van der Waals surface area contributed by atoms with Gasteiger partial charge in [0.2, 0.25) is 0 Å². The second-order valence-electron chi connectivity index (χ2n) is 27.4. The first-order valence-corrected chi connectivity index (χ1v) is 30.4. The summed E-state index contributed by atoms with van der Waals surface area (Å²) in [5.41, 5.74) is 21.8. The maximum absolute atomic E-state index is 9.17. The van der Waals surface area contributed by atoms with E-state index in [9.17, 15) is 0 Å². The molecular weight excluding hydrogens is 1250 g/mol. The van der Waals surface area contributed by atoms with Crippen molar-refractivity contribution in [1.29, 1.82) is 0 Å². The summed E-state index contributed by atoms with van der Waals surface area (Å²) in [5.74, 6) is 1.34. The van der Waals surface area contributed by atoms with E-state index in [1.165, 1.54) is 55.6 Å². The quantitative estimate of drug-likeness (QED) is 0.149. The molecule has 0 bridgehead atoms. The van der Waals surface area contributed by atoms with Gasteiger partial charge in [0, 0.05) is 77.9 Å². The molecular formula is C82H71N4OPt-3. The molecule has 0 unspecified atom stereocenters. The topological polar surface area (TPSA) is 33.5 Å². The Hall–Kier alpha value is -8.76. The van der Waals surface area contributed by atoms with Crippen LogP contribution in [0.2, 0.25) is 0 Å². The Labute approximate surface area is 539 Å². The van der Waals surface area contributed by atoms with Crippen molar-refractivity contribution in [3.05, 3.63) is 293 Å². The summed E-state index contributed by atoms with van der Waals surface area (Å²) in [7, 11) is 0. The summed E-state index contributed by atoms with van der Waals surface area (Å²) in [6.07, 6.45) is 1.83. The van der Waals surface area contributed by atoms with Crippen molar-refractivity contribution >= 4 is 44.6 Å². The van der Waals surface area contributed by atoms with Gasteiger partial charge in [-0.15, -0.1) is 48.1 Å². The first-order chi connectivity index (χ1) is 43.5. The van der Waals surface area contributed by atoms with E-state index in [-0.39, 0.29) is 66.9 Å². The smallest absolute Gasteiger partial charge is 0.135 e. The van der Waals surface area contributed by atoms with Gasteiger partial charge in [0.25, 0.3) is 0 Å². The summed E-state index contributed by atoms with van der Waals surface area (Å²) < 4.78 is 44.2. The van der Waals surface area contributed by atoms with Crippen LogP contribution in [0.3, 0.4) is 0 Å². The number of aromatic nitrogens is 2. The number of nitrogens with zero attached hydrogens (tertiary/aromatic N) is 4. The number of anilines is 4. The van der Waals surface area contributed by atoms with Gasteiger partial charge in [-0.1, -0.05) is 245 Å². The van der Waals surface area contributed by atoms with E-state index in [1.54, 1.807) is 10.6 Å². The van der Waals surface area contributed by atoms with Gasteiger partial charge in [0.15, 0.2) is 0 Å². The van der Waals surface area contributed by atoms with E-state index in [2.05, 4.69) is 262 Å². The molecule has 0 N–H and O–H groups in total. The standard InChI is InChI=1S/C82H71N4O.Pt/c1-78(2,3)53-41-44-75(83-50-53)86-71-38-19-13-27-60(71)61-43-42-58(49-74(61)86)87-57-26-22-25-56(48-57)84-51-85(73-40-21-20-39-72(73)84)77-59(52-45-54(79(4,5)6)47-55(46-52)80(7,8)9)29-23-31-63(77)62-30-24-37-70-76(62)64-28-12-14-32-65(64)82(70)68-35-17-15-33-66(68)81(10,11)67-34-16-18-36-69(67)82;/h12-47,50-51H,1-11H3;/q-3;/i13D,19D,27D,38D;. The van der Waals surface area contributed by atoms with Gasteiger partial charge in [-0.05, 0) is 118 Å². The van der Waals surface area contributed by atoms with Gasteiger partial charge in [-0.25, -0.2) is 4.98 Å². The first-order valence-electron chi connectivity index (χ1n) is 32.4. The van der Waals surface area contributed by atoms with Crippen molar-refractivity contribution in [1.82, 2.24) is 9.55 Å². The Morgan fingerprint density at radius 3 is 1.72 bits per heavy atom. The minimum atomic E-state index is -0.579. The minimum absolute atomic E-state index is 0. The Morgan fingerprint density at radius 1 is 0.489 bits per heavy atom. The van der Waals surface area contributed by atoms with Crippen LogP contribution in [-0.4, -0.2) is 9.55 Å². The number of rotatable bonds is 7. The molecule has 0 fully saturated rings. The number of benzene rings is 10. The molecule has 12 aromatic rings. The number of para-hydroxylation sites is 4. The predicted molar refractivity (Wildman–Crippen MR) is 361 cm³/mol. The average Bonchev–Trinajstić information content (AvgIpc) is 1.43. The van der Waals surface area contributed by atoms with Gasteiger partial charge < -0.3 is 19.1 Å². The molecule has 10 aromatic carbocycles. The van der Waals surface area contributed by atoms with Gasteiger partial charge >= 0.3 is 0 Å². The van der Waals surface area contributed by atoms with Crippen LogP contribution in [0.1, 0.15) is 132 Å². The Kier molecular flexibility index (Phi) is 12.3. The number of hydrogen-bond donors (Lipinski definition) is 0. The molecule has 88 heavy (non-hydrogen) atoms. The summed E-state index contributed by atoms with van der Waals surface area (Å²) in [6.45, 7) is 27.2. The van der Waals surface area contributed by atoms with Gasteiger partial charge in [0.05, 0.1) is 10.9 Å². The number of pyridine rings is 1. The number of ether oxygens (including phenoxy) is 1. The third-order valence-corrected chi connectivity index (χ3v) is 18.6. The molecule has 1 spiro atoms. The van der Waals surface area contributed by atoms with E-state index in [4.69, 9.17) is 15.2 Å². The minimum Gasteiger partial charge on any atom is -0.509 e. The van der Waals surface area contributed by atoms with Crippen molar-refractivity contribution in [2.45, 2.75) is 103 Å². The third kappa shape index (κ3) is 8.85. The second kappa shape index (κ2) is 20.7. The Morgan fingerprint density at radius 2 is 1.05 bits per heavy atom. The summed E-state index contributed by atoms with van der Waals surface area (Å²) in [4.78, 5) is 9.48. The van der Waals surface area contributed by atoms with Crippen LogP contribution in [0, 0.1) is 18.8 Å². The van der Waals surface area contributed by atoms with E-state index in [1.807, 2.05) is 36.5 Å². The summed E-state index contributed by atoms with van der Waals surface area (Å²) in [5, 5.41) is 0.998. The maximum Gasteiger partial charge on any atom is 0.135 e. The van der Waals surface area contributed by atoms with E-state index >= 15 is 0 Å². The first kappa shape index (κ1) is 52.4. The van der Waals surface area contributed by atoms with Crippen LogP contribution in [0.25, 0.3) is 61.0 Å². The number of hydrogen-bond acceptors (Lipinski definition) is 4. The molecule has 2 aliphatic carbocycles. The average molecular weight is 1330 g/mol. The summed E-state index contributed by atoms with van der Waals surface area (Å²) >= 11 is 0. The van der Waals surface area contributed by atoms with Gasteiger partial charge in [-0.2, -0.15) is 12.1 Å². The Bertz CT molecular complexity index is 4920. The molecule has 3 heterocycles. The molecule has 0 saturated heterocycles. The zero-order valence-corrected chi connectivity index (χ0v) is 53.9. The van der Waals surface area contributed by atoms with Gasteiger partial charge in [0.1, 0.15) is 5.82 Å².